The molecule has 0 saturated heterocycles. The van der Waals surface area contributed by atoms with Crippen LogP contribution < -0.4 is 10.2 Å². The van der Waals surface area contributed by atoms with Crippen molar-refractivity contribution in [3.63, 3.8) is 0 Å². The largest absolute Gasteiger partial charge is 0.343 e. The maximum Gasteiger partial charge on any atom is 0.0594 e. The van der Waals surface area contributed by atoms with Crippen molar-refractivity contribution in [2.75, 3.05) is 18.5 Å². The van der Waals surface area contributed by atoms with Gasteiger partial charge in [0.25, 0.3) is 0 Å². The average Bonchev–Trinajstić information content (AvgIpc) is 2.52. The molecule has 1 heterocycles. The second-order valence-corrected chi connectivity index (χ2v) is 5.46. The van der Waals surface area contributed by atoms with Crippen LogP contribution >= 0.6 is 0 Å². The van der Waals surface area contributed by atoms with E-state index in [9.17, 15) is 0 Å². The summed E-state index contributed by atoms with van der Waals surface area (Å²) >= 11 is 0. The van der Waals surface area contributed by atoms with Gasteiger partial charge < -0.3 is 10.2 Å². The molecule has 0 aliphatic rings. The van der Waals surface area contributed by atoms with E-state index in [2.05, 4.69) is 79.4 Å². The van der Waals surface area contributed by atoms with Gasteiger partial charge in [0.2, 0.25) is 0 Å². The van der Waals surface area contributed by atoms with Gasteiger partial charge in [-0.25, -0.2) is 0 Å². The normalized spacial score (nSPS) is 12.2. The van der Waals surface area contributed by atoms with Crippen molar-refractivity contribution in [3.8, 4) is 0 Å². The van der Waals surface area contributed by atoms with Crippen molar-refractivity contribution in [1.82, 2.24) is 10.3 Å². The molecule has 21 heavy (non-hydrogen) atoms. The molecule has 0 radical (unpaired) electrons. The zero-order chi connectivity index (χ0) is 15.2. The van der Waals surface area contributed by atoms with Crippen LogP contribution in [0.5, 0.6) is 0 Å². The molecule has 1 atom stereocenters. The van der Waals surface area contributed by atoms with Crippen LogP contribution in [0.25, 0.3) is 0 Å². The lowest BCUT2D eigenvalue weighted by atomic mass is 10.1. The average molecular weight is 283 g/mol. The molecule has 0 saturated carbocycles. The minimum atomic E-state index is 0.294. The SMILES string of the molecule is CCCNC(C)c1ccc(N(C)c2ccccc2C)cn1. The number of benzene rings is 1. The summed E-state index contributed by atoms with van der Waals surface area (Å²) in [6.45, 7) is 7.48. The molecule has 0 aliphatic heterocycles. The summed E-state index contributed by atoms with van der Waals surface area (Å²) < 4.78 is 0. The van der Waals surface area contributed by atoms with Crippen molar-refractivity contribution < 1.29 is 0 Å². The van der Waals surface area contributed by atoms with Crippen LogP contribution in [-0.4, -0.2) is 18.6 Å². The third kappa shape index (κ3) is 3.82. The molecule has 1 N–H and O–H groups in total. The summed E-state index contributed by atoms with van der Waals surface area (Å²) in [5.41, 5.74) is 4.67. The maximum absolute atomic E-state index is 4.60. The van der Waals surface area contributed by atoms with Crippen molar-refractivity contribution in [1.29, 1.82) is 0 Å². The first-order valence-corrected chi connectivity index (χ1v) is 7.62. The lowest BCUT2D eigenvalue weighted by Crippen LogP contribution is -2.20. The van der Waals surface area contributed by atoms with Crippen molar-refractivity contribution in [2.24, 2.45) is 0 Å². The molecule has 0 fully saturated rings. The molecule has 2 rings (SSSR count). The number of nitrogens with one attached hydrogen (secondary N) is 1. The number of anilines is 2. The monoisotopic (exact) mass is 283 g/mol. The zero-order valence-electron chi connectivity index (χ0n) is 13.4. The molecule has 0 aliphatic carbocycles. The summed E-state index contributed by atoms with van der Waals surface area (Å²) in [6, 6.07) is 12.9. The highest BCUT2D eigenvalue weighted by atomic mass is 15.1. The number of pyridine rings is 1. The summed E-state index contributed by atoms with van der Waals surface area (Å²) in [7, 11) is 2.08. The fraction of sp³-hybridized carbons (Fsp3) is 0.389. The summed E-state index contributed by atoms with van der Waals surface area (Å²) in [5.74, 6) is 0. The third-order valence-electron chi connectivity index (χ3n) is 3.78. The number of nitrogens with zero attached hydrogens (tertiary/aromatic N) is 2. The molecule has 2 aromatic rings. The fourth-order valence-corrected chi connectivity index (χ4v) is 2.40. The van der Waals surface area contributed by atoms with Gasteiger partial charge >= 0.3 is 0 Å². The molecule has 0 amide bonds. The quantitative estimate of drug-likeness (QED) is 0.860. The highest BCUT2D eigenvalue weighted by Gasteiger charge is 2.09. The first-order valence-electron chi connectivity index (χ1n) is 7.62. The number of hydrogen-bond acceptors (Lipinski definition) is 3. The van der Waals surface area contributed by atoms with E-state index in [4.69, 9.17) is 0 Å². The van der Waals surface area contributed by atoms with Crippen LogP contribution in [0.1, 0.15) is 37.6 Å². The van der Waals surface area contributed by atoms with Crippen molar-refractivity contribution >= 4 is 11.4 Å². The summed E-state index contributed by atoms with van der Waals surface area (Å²) in [4.78, 5) is 6.78. The van der Waals surface area contributed by atoms with E-state index < -0.39 is 0 Å². The van der Waals surface area contributed by atoms with Gasteiger partial charge in [0.1, 0.15) is 0 Å². The Hall–Kier alpha value is -1.87. The second kappa shape index (κ2) is 7.23. The fourth-order valence-electron chi connectivity index (χ4n) is 2.40. The molecule has 1 unspecified atom stereocenters. The molecular weight excluding hydrogens is 258 g/mol. The van der Waals surface area contributed by atoms with Crippen LogP contribution in [0.2, 0.25) is 0 Å². The number of aryl methyl sites for hydroxylation is 1. The molecule has 0 spiro atoms. The van der Waals surface area contributed by atoms with E-state index in [1.54, 1.807) is 0 Å². The van der Waals surface area contributed by atoms with Crippen LogP contribution in [0, 0.1) is 6.92 Å². The van der Waals surface area contributed by atoms with Gasteiger partial charge in [-0.3, -0.25) is 4.98 Å². The van der Waals surface area contributed by atoms with E-state index >= 15 is 0 Å². The lowest BCUT2D eigenvalue weighted by Gasteiger charge is -2.22. The van der Waals surface area contributed by atoms with Gasteiger partial charge in [-0.05, 0) is 50.6 Å². The number of aromatic nitrogens is 1. The van der Waals surface area contributed by atoms with Crippen LogP contribution in [0.3, 0.4) is 0 Å². The highest BCUT2D eigenvalue weighted by molar-refractivity contribution is 5.64. The highest BCUT2D eigenvalue weighted by Crippen LogP contribution is 2.26. The Morgan fingerprint density at radius 3 is 2.57 bits per heavy atom. The van der Waals surface area contributed by atoms with Crippen LogP contribution in [0.4, 0.5) is 11.4 Å². The smallest absolute Gasteiger partial charge is 0.0594 e. The minimum absolute atomic E-state index is 0.294. The van der Waals surface area contributed by atoms with E-state index in [-0.39, 0.29) is 0 Å². The number of para-hydroxylation sites is 1. The minimum Gasteiger partial charge on any atom is -0.343 e. The van der Waals surface area contributed by atoms with E-state index in [0.29, 0.717) is 6.04 Å². The maximum atomic E-state index is 4.60. The first-order chi connectivity index (χ1) is 10.1. The molecule has 3 nitrogen and oxygen atoms in total. The Bertz CT molecular complexity index is 563. The Balaban J connectivity index is 2.13. The van der Waals surface area contributed by atoms with Crippen molar-refractivity contribution in [2.45, 2.75) is 33.2 Å². The van der Waals surface area contributed by atoms with E-state index in [1.807, 2.05) is 6.20 Å². The van der Waals surface area contributed by atoms with Crippen LogP contribution in [-0.2, 0) is 0 Å². The molecular formula is C18H25N3. The van der Waals surface area contributed by atoms with Gasteiger partial charge in [0.05, 0.1) is 17.6 Å². The van der Waals surface area contributed by atoms with Gasteiger partial charge in [-0.1, -0.05) is 25.1 Å². The van der Waals surface area contributed by atoms with Gasteiger partial charge in [0, 0.05) is 18.8 Å². The summed E-state index contributed by atoms with van der Waals surface area (Å²) in [6.07, 6.45) is 3.09. The lowest BCUT2D eigenvalue weighted by molar-refractivity contribution is 0.558. The Morgan fingerprint density at radius 1 is 1.19 bits per heavy atom. The van der Waals surface area contributed by atoms with Crippen LogP contribution in [0.15, 0.2) is 42.6 Å². The second-order valence-electron chi connectivity index (χ2n) is 5.46. The molecule has 1 aromatic carbocycles. The van der Waals surface area contributed by atoms with Gasteiger partial charge in [0.15, 0.2) is 0 Å². The van der Waals surface area contributed by atoms with Crippen molar-refractivity contribution in [3.05, 3.63) is 53.9 Å². The number of rotatable bonds is 6. The predicted octanol–water partition coefficient (Wildman–Crippen LogP) is 4.22. The van der Waals surface area contributed by atoms with Gasteiger partial charge in [-0.15, -0.1) is 0 Å². The standard InChI is InChI=1S/C18H25N3/c1-5-12-19-15(3)17-11-10-16(13-20-17)21(4)18-9-7-6-8-14(18)2/h6-11,13,15,19H,5,12H2,1-4H3. The number of hydrogen-bond donors (Lipinski definition) is 1. The Morgan fingerprint density at radius 2 is 1.95 bits per heavy atom. The Kier molecular flexibility index (Phi) is 5.34. The van der Waals surface area contributed by atoms with E-state index in [1.165, 1.54) is 11.3 Å². The first kappa shape index (κ1) is 15.5. The predicted molar refractivity (Wildman–Crippen MR) is 90.2 cm³/mol. The summed E-state index contributed by atoms with van der Waals surface area (Å²) in [5, 5.41) is 3.46. The molecule has 0 bridgehead atoms. The Labute approximate surface area is 128 Å². The molecule has 1 aromatic heterocycles. The topological polar surface area (TPSA) is 28.2 Å². The zero-order valence-corrected chi connectivity index (χ0v) is 13.4. The van der Waals surface area contributed by atoms with Gasteiger partial charge in [-0.2, -0.15) is 0 Å². The molecule has 3 heteroatoms. The van der Waals surface area contributed by atoms with E-state index in [0.717, 1.165) is 24.3 Å². The third-order valence-corrected chi connectivity index (χ3v) is 3.78. The molecule has 112 valence electrons.